The highest BCUT2D eigenvalue weighted by Gasteiger charge is 2.20. The summed E-state index contributed by atoms with van der Waals surface area (Å²) in [4.78, 5) is 14.1. The zero-order valence-electron chi connectivity index (χ0n) is 14.3. The lowest BCUT2D eigenvalue weighted by molar-refractivity contribution is -0.116. The summed E-state index contributed by atoms with van der Waals surface area (Å²) in [7, 11) is -3.41. The van der Waals surface area contributed by atoms with Crippen molar-refractivity contribution < 1.29 is 22.3 Å². The molecule has 0 unspecified atom stereocenters. The van der Waals surface area contributed by atoms with Crippen LogP contribution in [0, 0.1) is 5.82 Å². The number of hydrogen-bond acceptors (Lipinski definition) is 5. The Bertz CT molecular complexity index is 678. The van der Waals surface area contributed by atoms with Crippen molar-refractivity contribution in [1.29, 1.82) is 0 Å². The maximum atomic E-state index is 13.1. The molecule has 0 saturated carbocycles. The zero-order chi connectivity index (χ0) is 18.3. The molecule has 1 aromatic rings. The molecule has 0 aromatic heterocycles. The predicted octanol–water partition coefficient (Wildman–Crippen LogP) is 0.748. The van der Waals surface area contributed by atoms with Gasteiger partial charge in [-0.25, -0.2) is 17.1 Å². The quantitative estimate of drug-likeness (QED) is 0.727. The van der Waals surface area contributed by atoms with Crippen LogP contribution in [0.4, 0.5) is 10.1 Å². The summed E-state index contributed by atoms with van der Waals surface area (Å²) in [5, 5.41) is 2.57. The molecule has 1 aromatic carbocycles. The molecule has 1 aliphatic heterocycles. The smallest absolute Gasteiger partial charge is 0.225 e. The first-order valence-electron chi connectivity index (χ1n) is 8.15. The van der Waals surface area contributed by atoms with Crippen LogP contribution in [0.15, 0.2) is 24.3 Å². The van der Waals surface area contributed by atoms with Gasteiger partial charge in [0.15, 0.2) is 0 Å². The van der Waals surface area contributed by atoms with Crippen LogP contribution in [0.25, 0.3) is 0 Å². The molecular formula is C16H24FN3O4S. The number of nitrogens with zero attached hydrogens (tertiary/aromatic N) is 2. The van der Waals surface area contributed by atoms with Crippen molar-refractivity contribution in [2.45, 2.75) is 6.42 Å². The average molecular weight is 373 g/mol. The number of halogens is 1. The number of anilines is 1. The van der Waals surface area contributed by atoms with Crippen LogP contribution < -0.4 is 5.32 Å². The van der Waals surface area contributed by atoms with Gasteiger partial charge in [-0.3, -0.25) is 9.69 Å². The third kappa shape index (κ3) is 7.07. The monoisotopic (exact) mass is 373 g/mol. The number of benzene rings is 1. The SMILES string of the molecule is CS(=O)(=O)N(CCC(=O)Nc1cccc(F)c1)CCN1CCOCC1. The Morgan fingerprint density at radius 2 is 2.04 bits per heavy atom. The number of morpholine rings is 1. The van der Waals surface area contributed by atoms with E-state index in [1.165, 1.54) is 22.5 Å². The van der Waals surface area contributed by atoms with Crippen LogP contribution in [0.3, 0.4) is 0 Å². The first-order chi connectivity index (χ1) is 11.8. The summed E-state index contributed by atoms with van der Waals surface area (Å²) in [6, 6.07) is 5.57. The minimum absolute atomic E-state index is 0.00664. The van der Waals surface area contributed by atoms with Gasteiger partial charge in [-0.15, -0.1) is 0 Å². The van der Waals surface area contributed by atoms with E-state index in [1.807, 2.05) is 0 Å². The lowest BCUT2D eigenvalue weighted by Crippen LogP contribution is -2.43. The topological polar surface area (TPSA) is 79.0 Å². The summed E-state index contributed by atoms with van der Waals surface area (Å²) < 4.78 is 43.5. The summed E-state index contributed by atoms with van der Waals surface area (Å²) in [6.45, 7) is 3.86. The molecule has 0 bridgehead atoms. The van der Waals surface area contributed by atoms with E-state index in [1.54, 1.807) is 6.07 Å². The van der Waals surface area contributed by atoms with Crippen molar-refractivity contribution in [3.05, 3.63) is 30.1 Å². The number of carbonyl (C=O) groups is 1. The first kappa shape index (κ1) is 19.8. The van der Waals surface area contributed by atoms with Crippen molar-refractivity contribution in [3.8, 4) is 0 Å². The summed E-state index contributed by atoms with van der Waals surface area (Å²) in [5.41, 5.74) is 0.351. The van der Waals surface area contributed by atoms with E-state index >= 15 is 0 Å². The van der Waals surface area contributed by atoms with Crippen molar-refractivity contribution in [3.63, 3.8) is 0 Å². The molecule has 9 heteroatoms. The van der Waals surface area contributed by atoms with Crippen LogP contribution in [0.1, 0.15) is 6.42 Å². The zero-order valence-corrected chi connectivity index (χ0v) is 15.1. The highest BCUT2D eigenvalue weighted by molar-refractivity contribution is 7.88. The summed E-state index contributed by atoms with van der Waals surface area (Å²) in [5.74, 6) is -0.799. The van der Waals surface area contributed by atoms with Gasteiger partial charge in [0, 0.05) is 44.8 Å². The van der Waals surface area contributed by atoms with Crippen molar-refractivity contribution in [1.82, 2.24) is 9.21 Å². The Labute approximate surface area is 147 Å². The molecule has 1 heterocycles. The first-order valence-corrected chi connectivity index (χ1v) is 10.00. The van der Waals surface area contributed by atoms with E-state index < -0.39 is 15.8 Å². The van der Waals surface area contributed by atoms with Gasteiger partial charge in [-0.05, 0) is 18.2 Å². The fraction of sp³-hybridized carbons (Fsp3) is 0.562. The molecule has 1 amide bonds. The van der Waals surface area contributed by atoms with Crippen LogP contribution in [0.5, 0.6) is 0 Å². The number of nitrogens with one attached hydrogen (secondary N) is 1. The number of hydrogen-bond donors (Lipinski definition) is 1. The van der Waals surface area contributed by atoms with E-state index in [0.717, 1.165) is 19.3 Å². The molecule has 25 heavy (non-hydrogen) atoms. The van der Waals surface area contributed by atoms with E-state index in [-0.39, 0.29) is 18.9 Å². The van der Waals surface area contributed by atoms with Gasteiger partial charge >= 0.3 is 0 Å². The van der Waals surface area contributed by atoms with Gasteiger partial charge in [0.25, 0.3) is 0 Å². The molecule has 0 aliphatic carbocycles. The number of amides is 1. The Kier molecular flexibility index (Phi) is 7.30. The van der Waals surface area contributed by atoms with Crippen molar-refractivity contribution in [2.24, 2.45) is 0 Å². The van der Waals surface area contributed by atoms with Gasteiger partial charge in [0.05, 0.1) is 19.5 Å². The van der Waals surface area contributed by atoms with Gasteiger partial charge in [0.2, 0.25) is 15.9 Å². The van der Waals surface area contributed by atoms with Gasteiger partial charge < -0.3 is 10.1 Å². The fourth-order valence-corrected chi connectivity index (χ4v) is 3.37. The molecule has 1 fully saturated rings. The summed E-state index contributed by atoms with van der Waals surface area (Å²) >= 11 is 0. The van der Waals surface area contributed by atoms with Crippen molar-refractivity contribution in [2.75, 3.05) is 57.5 Å². The molecule has 1 aliphatic rings. The van der Waals surface area contributed by atoms with Gasteiger partial charge in [-0.1, -0.05) is 6.07 Å². The Morgan fingerprint density at radius 1 is 1.32 bits per heavy atom. The Hall–Kier alpha value is -1.55. The van der Waals surface area contributed by atoms with E-state index in [9.17, 15) is 17.6 Å². The van der Waals surface area contributed by atoms with Crippen LogP contribution in [-0.4, -0.2) is 75.7 Å². The number of rotatable bonds is 8. The fourth-order valence-electron chi connectivity index (χ4n) is 2.54. The molecular weight excluding hydrogens is 349 g/mol. The number of sulfonamides is 1. The third-order valence-electron chi connectivity index (χ3n) is 3.93. The third-order valence-corrected chi connectivity index (χ3v) is 5.24. The summed E-state index contributed by atoms with van der Waals surface area (Å²) in [6.07, 6.45) is 1.14. The molecule has 0 radical (unpaired) electrons. The molecule has 1 N–H and O–H groups in total. The van der Waals surface area contributed by atoms with Crippen LogP contribution in [0.2, 0.25) is 0 Å². The molecule has 2 rings (SSSR count). The number of carbonyl (C=O) groups excluding carboxylic acids is 1. The van der Waals surface area contributed by atoms with E-state index in [2.05, 4.69) is 10.2 Å². The lowest BCUT2D eigenvalue weighted by atomic mass is 10.3. The maximum Gasteiger partial charge on any atom is 0.225 e. The average Bonchev–Trinajstić information content (AvgIpc) is 2.54. The highest BCUT2D eigenvalue weighted by Crippen LogP contribution is 2.10. The molecule has 7 nitrogen and oxygen atoms in total. The van der Waals surface area contributed by atoms with E-state index in [4.69, 9.17) is 4.74 Å². The molecule has 0 spiro atoms. The second-order valence-corrected chi connectivity index (χ2v) is 7.91. The largest absolute Gasteiger partial charge is 0.379 e. The van der Waals surface area contributed by atoms with Gasteiger partial charge in [0.1, 0.15) is 5.82 Å². The Balaban J connectivity index is 1.83. The lowest BCUT2D eigenvalue weighted by Gasteiger charge is -2.29. The van der Waals surface area contributed by atoms with Gasteiger partial charge in [-0.2, -0.15) is 0 Å². The molecule has 0 atom stereocenters. The predicted molar refractivity (Wildman–Crippen MR) is 93.3 cm³/mol. The highest BCUT2D eigenvalue weighted by atomic mass is 32.2. The molecule has 1 saturated heterocycles. The Morgan fingerprint density at radius 3 is 2.68 bits per heavy atom. The number of ether oxygens (including phenoxy) is 1. The maximum absolute atomic E-state index is 13.1. The van der Waals surface area contributed by atoms with E-state index in [0.29, 0.717) is 32.0 Å². The minimum Gasteiger partial charge on any atom is -0.379 e. The normalized spacial score (nSPS) is 16.1. The van der Waals surface area contributed by atoms with Crippen LogP contribution >= 0.6 is 0 Å². The minimum atomic E-state index is -3.41. The standard InChI is InChI=1S/C16H24FN3O4S/c1-25(22,23)20(8-7-19-9-11-24-12-10-19)6-5-16(21)18-15-4-2-3-14(17)13-15/h2-4,13H,5-12H2,1H3,(H,18,21). The van der Waals surface area contributed by atoms with Crippen molar-refractivity contribution >= 4 is 21.6 Å². The second-order valence-electron chi connectivity index (χ2n) is 5.92. The second kappa shape index (κ2) is 9.23. The van der Waals surface area contributed by atoms with Crippen LogP contribution in [-0.2, 0) is 19.6 Å². The molecule has 140 valence electrons.